The molecule has 0 aliphatic rings. The van der Waals surface area contributed by atoms with Crippen LogP contribution in [0.15, 0.2) is 59.5 Å². The molecule has 0 saturated heterocycles. The quantitative estimate of drug-likeness (QED) is 0.558. The maximum atomic E-state index is 12.9. The lowest BCUT2D eigenvalue weighted by Gasteiger charge is -2.12. The van der Waals surface area contributed by atoms with Gasteiger partial charge in [0.1, 0.15) is 15.9 Å². The molecule has 0 fully saturated rings. The van der Waals surface area contributed by atoms with Gasteiger partial charge in [0.15, 0.2) is 0 Å². The van der Waals surface area contributed by atoms with Crippen LogP contribution >= 0.6 is 11.7 Å². The van der Waals surface area contributed by atoms with E-state index in [9.17, 15) is 18.3 Å². The fourth-order valence-electron chi connectivity index (χ4n) is 2.70. The van der Waals surface area contributed by atoms with E-state index in [1.54, 1.807) is 36.4 Å². The van der Waals surface area contributed by atoms with Crippen LogP contribution in [0.25, 0.3) is 21.8 Å². The Balaban J connectivity index is 1.87. The summed E-state index contributed by atoms with van der Waals surface area (Å²) in [7, 11) is -4.04. The molecule has 0 aliphatic heterocycles. The molecular weight excluding hydrogens is 374 g/mol. The second-order valence-electron chi connectivity index (χ2n) is 5.54. The molecule has 7 nitrogen and oxygen atoms in total. The fourth-order valence-corrected chi connectivity index (χ4v) is 4.54. The summed E-state index contributed by atoms with van der Waals surface area (Å²) >= 11 is 0.913. The Bertz CT molecular complexity index is 1270. The molecule has 0 saturated carbocycles. The fraction of sp³-hybridized carbons (Fsp3) is 0. The number of aromatic carboxylic acids is 1. The Morgan fingerprint density at radius 2 is 1.73 bits per heavy atom. The molecule has 3 aromatic carbocycles. The lowest BCUT2D eigenvalue weighted by Crippen LogP contribution is -2.16. The number of benzene rings is 3. The maximum Gasteiger partial charge on any atom is 0.337 e. The summed E-state index contributed by atoms with van der Waals surface area (Å²) in [6.45, 7) is 0. The van der Waals surface area contributed by atoms with Crippen LogP contribution in [0.2, 0.25) is 0 Å². The first kappa shape index (κ1) is 16.4. The molecule has 0 bridgehead atoms. The number of anilines is 1. The topological polar surface area (TPSA) is 109 Å². The number of aromatic nitrogens is 2. The average Bonchev–Trinajstić information content (AvgIpc) is 3.09. The minimum absolute atomic E-state index is 0.00334. The SMILES string of the molecule is O=C(O)c1cc2ccccc2cc1NS(=O)(=O)c1cccc2nsnc12. The lowest BCUT2D eigenvalue weighted by molar-refractivity contribution is 0.0698. The Morgan fingerprint density at radius 1 is 1.00 bits per heavy atom. The summed E-state index contributed by atoms with van der Waals surface area (Å²) in [5.74, 6) is -1.22. The summed E-state index contributed by atoms with van der Waals surface area (Å²) in [6, 6.07) is 14.7. The van der Waals surface area contributed by atoms with E-state index >= 15 is 0 Å². The second-order valence-corrected chi connectivity index (χ2v) is 7.72. The highest BCUT2D eigenvalue weighted by Crippen LogP contribution is 2.28. The third kappa shape index (κ3) is 2.76. The molecule has 0 radical (unpaired) electrons. The van der Waals surface area contributed by atoms with Gasteiger partial charge in [0.25, 0.3) is 10.0 Å². The third-order valence-corrected chi connectivity index (χ3v) is 5.84. The van der Waals surface area contributed by atoms with Crippen molar-refractivity contribution in [3.63, 3.8) is 0 Å². The first-order valence-corrected chi connectivity index (χ1v) is 9.67. The molecule has 0 spiro atoms. The molecule has 0 atom stereocenters. The van der Waals surface area contributed by atoms with E-state index in [-0.39, 0.29) is 21.7 Å². The van der Waals surface area contributed by atoms with Gasteiger partial charge in [0, 0.05) is 0 Å². The van der Waals surface area contributed by atoms with Gasteiger partial charge in [-0.2, -0.15) is 8.75 Å². The summed E-state index contributed by atoms with van der Waals surface area (Å²) in [4.78, 5) is 11.6. The van der Waals surface area contributed by atoms with Gasteiger partial charge >= 0.3 is 5.97 Å². The second kappa shape index (κ2) is 6.04. The predicted octanol–water partition coefficient (Wildman–Crippen LogP) is 3.34. The highest BCUT2D eigenvalue weighted by molar-refractivity contribution is 7.93. The first-order chi connectivity index (χ1) is 12.5. The van der Waals surface area contributed by atoms with Crippen molar-refractivity contribution in [3.8, 4) is 0 Å². The van der Waals surface area contributed by atoms with E-state index in [4.69, 9.17) is 0 Å². The molecule has 0 unspecified atom stereocenters. The van der Waals surface area contributed by atoms with E-state index in [0.717, 1.165) is 17.1 Å². The third-order valence-electron chi connectivity index (χ3n) is 3.90. The highest BCUT2D eigenvalue weighted by Gasteiger charge is 2.22. The van der Waals surface area contributed by atoms with Crippen molar-refractivity contribution in [1.82, 2.24) is 8.75 Å². The number of carbonyl (C=O) groups is 1. The molecule has 1 heterocycles. The van der Waals surface area contributed by atoms with Gasteiger partial charge < -0.3 is 5.11 Å². The van der Waals surface area contributed by atoms with Crippen LogP contribution in [0, 0.1) is 0 Å². The number of hydrogen-bond donors (Lipinski definition) is 2. The molecule has 130 valence electrons. The average molecular weight is 385 g/mol. The highest BCUT2D eigenvalue weighted by atomic mass is 32.2. The van der Waals surface area contributed by atoms with Gasteiger partial charge in [0.2, 0.25) is 0 Å². The largest absolute Gasteiger partial charge is 0.478 e. The molecule has 9 heteroatoms. The van der Waals surface area contributed by atoms with Crippen molar-refractivity contribution in [3.05, 3.63) is 60.2 Å². The van der Waals surface area contributed by atoms with Crippen LogP contribution in [0.1, 0.15) is 10.4 Å². The van der Waals surface area contributed by atoms with Crippen LogP contribution in [0.3, 0.4) is 0 Å². The van der Waals surface area contributed by atoms with Crippen molar-refractivity contribution >= 4 is 55.2 Å². The summed E-state index contributed by atoms with van der Waals surface area (Å²) < 4.78 is 36.2. The Hall–Kier alpha value is -3.04. The van der Waals surface area contributed by atoms with Gasteiger partial charge in [-0.05, 0) is 35.0 Å². The minimum atomic E-state index is -4.04. The van der Waals surface area contributed by atoms with Crippen molar-refractivity contribution in [1.29, 1.82) is 0 Å². The number of carboxylic acids is 1. The summed E-state index contributed by atoms with van der Waals surface area (Å²) in [5.41, 5.74) is 0.588. The molecule has 4 rings (SSSR count). The van der Waals surface area contributed by atoms with Crippen LogP contribution < -0.4 is 4.72 Å². The zero-order chi connectivity index (χ0) is 18.3. The Kier molecular flexibility index (Phi) is 3.82. The van der Waals surface area contributed by atoms with Crippen LogP contribution in [0.5, 0.6) is 0 Å². The Morgan fingerprint density at radius 3 is 2.46 bits per heavy atom. The van der Waals surface area contributed by atoms with E-state index in [1.165, 1.54) is 18.2 Å². The van der Waals surface area contributed by atoms with Crippen molar-refractivity contribution < 1.29 is 18.3 Å². The first-order valence-electron chi connectivity index (χ1n) is 7.46. The van der Waals surface area contributed by atoms with Gasteiger partial charge in [-0.15, -0.1) is 0 Å². The van der Waals surface area contributed by atoms with E-state index in [0.29, 0.717) is 10.9 Å². The molecule has 0 amide bonds. The van der Waals surface area contributed by atoms with Gasteiger partial charge in [-0.3, -0.25) is 4.72 Å². The number of carboxylic acid groups (broad SMARTS) is 1. The Labute approximate surface area is 152 Å². The van der Waals surface area contributed by atoms with Crippen molar-refractivity contribution in [2.24, 2.45) is 0 Å². The molecular formula is C17H11N3O4S2. The summed E-state index contributed by atoms with van der Waals surface area (Å²) in [5, 5.41) is 10.9. The molecule has 0 aliphatic carbocycles. The molecule has 4 aromatic rings. The number of rotatable bonds is 4. The van der Waals surface area contributed by atoms with Crippen molar-refractivity contribution in [2.45, 2.75) is 4.90 Å². The van der Waals surface area contributed by atoms with E-state index in [2.05, 4.69) is 13.5 Å². The lowest BCUT2D eigenvalue weighted by atomic mass is 10.1. The smallest absolute Gasteiger partial charge is 0.337 e. The van der Waals surface area contributed by atoms with Crippen LogP contribution in [0.4, 0.5) is 5.69 Å². The zero-order valence-electron chi connectivity index (χ0n) is 13.1. The molecule has 2 N–H and O–H groups in total. The molecule has 1 aromatic heterocycles. The summed E-state index contributed by atoms with van der Waals surface area (Å²) in [6.07, 6.45) is 0. The van der Waals surface area contributed by atoms with Gasteiger partial charge in [0.05, 0.1) is 23.0 Å². The molecule has 26 heavy (non-hydrogen) atoms. The van der Waals surface area contributed by atoms with Crippen LogP contribution in [-0.2, 0) is 10.0 Å². The number of sulfonamides is 1. The normalized spacial score (nSPS) is 11.7. The van der Waals surface area contributed by atoms with E-state index in [1.807, 2.05) is 0 Å². The number of fused-ring (bicyclic) bond motifs is 2. The predicted molar refractivity (Wildman–Crippen MR) is 99.1 cm³/mol. The number of hydrogen-bond acceptors (Lipinski definition) is 6. The minimum Gasteiger partial charge on any atom is -0.478 e. The van der Waals surface area contributed by atoms with Gasteiger partial charge in [-0.25, -0.2) is 13.2 Å². The standard InChI is InChI=1S/C17H11N3O4S2/c21-17(22)12-8-10-4-1-2-5-11(10)9-14(12)20-26(23,24)15-7-3-6-13-16(15)19-25-18-13/h1-9,20H,(H,21,22). The van der Waals surface area contributed by atoms with Crippen LogP contribution in [-0.4, -0.2) is 28.2 Å². The number of nitrogens with zero attached hydrogens (tertiary/aromatic N) is 2. The van der Waals surface area contributed by atoms with Crippen molar-refractivity contribution in [2.75, 3.05) is 4.72 Å². The zero-order valence-corrected chi connectivity index (χ0v) is 14.7. The van der Waals surface area contributed by atoms with Gasteiger partial charge in [-0.1, -0.05) is 30.3 Å². The van der Waals surface area contributed by atoms with E-state index < -0.39 is 16.0 Å². The maximum absolute atomic E-state index is 12.9. The number of nitrogens with one attached hydrogen (secondary N) is 1. The monoisotopic (exact) mass is 385 g/mol.